The largest absolute Gasteiger partial charge is 0.326 e. The Morgan fingerprint density at radius 1 is 1.42 bits per heavy atom. The van der Waals surface area contributed by atoms with E-state index >= 15 is 0 Å². The highest BCUT2D eigenvalue weighted by atomic mass is 35.5. The smallest absolute Gasteiger partial charge is 0.127 e. The van der Waals surface area contributed by atoms with Crippen LogP contribution in [0, 0.1) is 5.92 Å². The molecule has 1 unspecified atom stereocenters. The van der Waals surface area contributed by atoms with Crippen molar-refractivity contribution in [3.8, 4) is 0 Å². The molecule has 2 nitrogen and oxygen atoms in total. The zero-order valence-corrected chi connectivity index (χ0v) is 12.6. The number of hydrogen-bond donors (Lipinski definition) is 0. The lowest BCUT2D eigenvalue weighted by Gasteiger charge is -2.11. The number of aryl methyl sites for hydroxylation is 1. The molecule has 1 saturated carbocycles. The summed E-state index contributed by atoms with van der Waals surface area (Å²) in [6.45, 7) is 2.93. The third-order valence-corrected chi connectivity index (χ3v) is 4.29. The number of fused-ring (bicyclic) bond motifs is 1. The first kappa shape index (κ1) is 13.3. The Morgan fingerprint density at radius 2 is 2.21 bits per heavy atom. The highest BCUT2D eigenvalue weighted by Crippen LogP contribution is 2.35. The van der Waals surface area contributed by atoms with E-state index in [2.05, 4.69) is 9.55 Å². The summed E-state index contributed by atoms with van der Waals surface area (Å²) in [4.78, 5) is 4.63. The molecular formula is C15H18Cl2N2. The summed E-state index contributed by atoms with van der Waals surface area (Å²) in [6, 6.07) is 5.86. The fraction of sp³-hybridized carbons (Fsp3) is 0.533. The Kier molecular flexibility index (Phi) is 3.72. The molecule has 1 fully saturated rings. The second-order valence-electron chi connectivity index (χ2n) is 5.43. The summed E-state index contributed by atoms with van der Waals surface area (Å²) >= 11 is 12.6. The molecule has 102 valence electrons. The molecule has 1 atom stereocenters. The van der Waals surface area contributed by atoms with Crippen LogP contribution in [0.1, 0.15) is 43.8 Å². The Balaban J connectivity index is 1.94. The average molecular weight is 297 g/mol. The quantitative estimate of drug-likeness (QED) is 0.695. The lowest BCUT2D eigenvalue weighted by molar-refractivity contribution is 0.569. The summed E-state index contributed by atoms with van der Waals surface area (Å²) in [5.41, 5.74) is 1.98. The van der Waals surface area contributed by atoms with E-state index in [4.69, 9.17) is 23.2 Å². The van der Waals surface area contributed by atoms with E-state index in [1.54, 1.807) is 0 Å². The molecule has 0 bridgehead atoms. The van der Waals surface area contributed by atoms with Crippen LogP contribution in [0.15, 0.2) is 18.2 Å². The Bertz CT molecular complexity index is 585. The van der Waals surface area contributed by atoms with E-state index in [1.807, 2.05) is 25.1 Å². The number of para-hydroxylation sites is 1. The lowest BCUT2D eigenvalue weighted by Crippen LogP contribution is -2.05. The molecule has 0 radical (unpaired) electrons. The van der Waals surface area contributed by atoms with Crippen molar-refractivity contribution in [2.75, 3.05) is 0 Å². The number of benzene rings is 1. The fourth-order valence-corrected chi connectivity index (χ4v) is 3.07. The van der Waals surface area contributed by atoms with Gasteiger partial charge in [-0.3, -0.25) is 0 Å². The number of hydrogen-bond acceptors (Lipinski definition) is 1. The highest BCUT2D eigenvalue weighted by Gasteiger charge is 2.21. The van der Waals surface area contributed by atoms with Crippen molar-refractivity contribution in [3.63, 3.8) is 0 Å². The van der Waals surface area contributed by atoms with E-state index in [1.165, 1.54) is 25.7 Å². The molecule has 3 rings (SSSR count). The maximum atomic E-state index is 6.33. The van der Waals surface area contributed by atoms with Gasteiger partial charge in [0.2, 0.25) is 0 Å². The van der Waals surface area contributed by atoms with Crippen molar-refractivity contribution in [1.29, 1.82) is 0 Å². The summed E-state index contributed by atoms with van der Waals surface area (Å²) in [6.07, 6.45) is 5.30. The van der Waals surface area contributed by atoms with Gasteiger partial charge in [-0.25, -0.2) is 4.98 Å². The van der Waals surface area contributed by atoms with E-state index in [0.717, 1.165) is 34.3 Å². The number of alkyl halides is 1. The summed E-state index contributed by atoms with van der Waals surface area (Å²) < 4.78 is 2.21. The first-order chi connectivity index (χ1) is 9.16. The van der Waals surface area contributed by atoms with Crippen LogP contribution in [0.2, 0.25) is 5.02 Å². The van der Waals surface area contributed by atoms with Crippen molar-refractivity contribution < 1.29 is 0 Å². The van der Waals surface area contributed by atoms with Gasteiger partial charge in [-0.05, 0) is 37.8 Å². The molecule has 1 heterocycles. The van der Waals surface area contributed by atoms with Crippen LogP contribution in [0.25, 0.3) is 11.0 Å². The van der Waals surface area contributed by atoms with Crippen molar-refractivity contribution >= 4 is 34.2 Å². The Hall–Kier alpha value is -0.730. The third kappa shape index (κ3) is 2.75. The zero-order valence-electron chi connectivity index (χ0n) is 11.1. The second kappa shape index (κ2) is 5.34. The van der Waals surface area contributed by atoms with Crippen molar-refractivity contribution in [2.24, 2.45) is 5.92 Å². The molecule has 19 heavy (non-hydrogen) atoms. The van der Waals surface area contributed by atoms with Crippen molar-refractivity contribution in [2.45, 2.75) is 44.5 Å². The first-order valence-electron chi connectivity index (χ1n) is 6.95. The highest BCUT2D eigenvalue weighted by molar-refractivity contribution is 6.35. The number of halogens is 2. The maximum Gasteiger partial charge on any atom is 0.127 e. The van der Waals surface area contributed by atoms with Crippen molar-refractivity contribution in [1.82, 2.24) is 9.55 Å². The SMILES string of the molecule is CC(Cl)c1nc2cccc(Cl)c2n1CCCC1CC1. The van der Waals surface area contributed by atoms with Crippen LogP contribution in [0.3, 0.4) is 0 Å². The normalized spacial score (nSPS) is 17.0. The number of aromatic nitrogens is 2. The zero-order chi connectivity index (χ0) is 13.4. The van der Waals surface area contributed by atoms with Gasteiger partial charge in [-0.15, -0.1) is 11.6 Å². The molecule has 0 aliphatic heterocycles. The third-order valence-electron chi connectivity index (χ3n) is 3.79. The minimum absolute atomic E-state index is 0.0932. The Labute approximate surface area is 123 Å². The predicted molar refractivity (Wildman–Crippen MR) is 81.0 cm³/mol. The molecule has 2 aromatic rings. The fourth-order valence-electron chi connectivity index (χ4n) is 2.63. The molecule has 0 amide bonds. The van der Waals surface area contributed by atoms with Gasteiger partial charge in [0.05, 0.1) is 21.4 Å². The van der Waals surface area contributed by atoms with Gasteiger partial charge >= 0.3 is 0 Å². The van der Waals surface area contributed by atoms with Gasteiger partial charge < -0.3 is 4.57 Å². The average Bonchev–Trinajstić information content (AvgIpc) is 3.10. The summed E-state index contributed by atoms with van der Waals surface area (Å²) in [7, 11) is 0. The van der Waals surface area contributed by atoms with Gasteiger partial charge in [0.25, 0.3) is 0 Å². The minimum atomic E-state index is -0.0932. The van der Waals surface area contributed by atoms with E-state index in [9.17, 15) is 0 Å². The monoisotopic (exact) mass is 296 g/mol. The van der Waals surface area contributed by atoms with E-state index < -0.39 is 0 Å². The van der Waals surface area contributed by atoms with Gasteiger partial charge in [0.1, 0.15) is 5.82 Å². The van der Waals surface area contributed by atoms with Crippen LogP contribution >= 0.6 is 23.2 Å². The van der Waals surface area contributed by atoms with E-state index in [0.29, 0.717) is 0 Å². The van der Waals surface area contributed by atoms with Crippen LogP contribution in [0.5, 0.6) is 0 Å². The Morgan fingerprint density at radius 3 is 2.89 bits per heavy atom. The van der Waals surface area contributed by atoms with Gasteiger partial charge in [0.15, 0.2) is 0 Å². The number of imidazole rings is 1. The summed E-state index contributed by atoms with van der Waals surface area (Å²) in [5.74, 6) is 1.89. The molecule has 1 aliphatic rings. The number of rotatable bonds is 5. The van der Waals surface area contributed by atoms with Gasteiger partial charge in [0, 0.05) is 6.54 Å². The van der Waals surface area contributed by atoms with Gasteiger partial charge in [-0.2, -0.15) is 0 Å². The maximum absolute atomic E-state index is 6.33. The minimum Gasteiger partial charge on any atom is -0.326 e. The van der Waals surface area contributed by atoms with Crippen molar-refractivity contribution in [3.05, 3.63) is 29.0 Å². The molecule has 0 saturated heterocycles. The predicted octanol–water partition coefficient (Wildman–Crippen LogP) is 5.18. The number of nitrogens with zero attached hydrogens (tertiary/aromatic N) is 2. The van der Waals surface area contributed by atoms with Crippen LogP contribution in [-0.2, 0) is 6.54 Å². The molecule has 0 N–H and O–H groups in total. The lowest BCUT2D eigenvalue weighted by atomic mass is 10.2. The van der Waals surface area contributed by atoms with E-state index in [-0.39, 0.29) is 5.38 Å². The molecule has 4 heteroatoms. The van der Waals surface area contributed by atoms with Crippen LogP contribution in [-0.4, -0.2) is 9.55 Å². The second-order valence-corrected chi connectivity index (χ2v) is 6.49. The summed E-state index contributed by atoms with van der Waals surface area (Å²) in [5, 5.41) is 0.671. The standard InChI is InChI=1S/C15H18Cl2N2/c1-10(16)15-18-13-6-2-5-12(17)14(13)19(15)9-3-4-11-7-8-11/h2,5-6,10-11H,3-4,7-9H2,1H3. The first-order valence-corrected chi connectivity index (χ1v) is 7.77. The topological polar surface area (TPSA) is 17.8 Å². The molecule has 0 spiro atoms. The van der Waals surface area contributed by atoms with Gasteiger partial charge in [-0.1, -0.05) is 30.5 Å². The van der Waals surface area contributed by atoms with Crippen LogP contribution in [0.4, 0.5) is 0 Å². The molecule has 1 aromatic heterocycles. The van der Waals surface area contributed by atoms with Crippen LogP contribution < -0.4 is 0 Å². The molecular weight excluding hydrogens is 279 g/mol. The molecule has 1 aromatic carbocycles. The molecule has 1 aliphatic carbocycles.